The molecule has 0 atom stereocenters. The molecule has 6 nitrogen and oxygen atoms in total. The van der Waals surface area contributed by atoms with Gasteiger partial charge < -0.3 is 9.72 Å². The highest BCUT2D eigenvalue weighted by Crippen LogP contribution is 2.34. The molecule has 0 spiro atoms. The molecule has 2 heterocycles. The van der Waals surface area contributed by atoms with E-state index in [0.29, 0.717) is 16.3 Å². The number of rotatable bonds is 3. The number of nitrogens with one attached hydrogen (secondary N) is 1. The molecule has 22 heavy (non-hydrogen) atoms. The average molecular weight is 429 g/mol. The highest BCUT2D eigenvalue weighted by atomic mass is 127. The molecule has 0 aliphatic rings. The van der Waals surface area contributed by atoms with Gasteiger partial charge in [0.25, 0.3) is 0 Å². The zero-order valence-electron chi connectivity index (χ0n) is 11.4. The van der Waals surface area contributed by atoms with Crippen molar-refractivity contribution in [3.8, 4) is 22.6 Å². The molecule has 3 aromatic rings. The Labute approximate surface area is 144 Å². The lowest BCUT2D eigenvalue weighted by molar-refractivity contribution is 0.414. The minimum absolute atomic E-state index is 0.227. The summed E-state index contributed by atoms with van der Waals surface area (Å²) in [6.45, 7) is 0. The van der Waals surface area contributed by atoms with E-state index in [1.54, 1.807) is 30.1 Å². The summed E-state index contributed by atoms with van der Waals surface area (Å²) in [6, 6.07) is 6.82. The van der Waals surface area contributed by atoms with Crippen LogP contribution in [0.3, 0.4) is 0 Å². The summed E-state index contributed by atoms with van der Waals surface area (Å²) in [4.78, 5) is 14.3. The van der Waals surface area contributed by atoms with Gasteiger partial charge in [-0.05, 0) is 40.8 Å². The van der Waals surface area contributed by atoms with Crippen LogP contribution < -0.4 is 10.3 Å². The van der Waals surface area contributed by atoms with Crippen LogP contribution in [0.2, 0.25) is 5.02 Å². The molecular formula is C14H10ClIN4O2. The minimum Gasteiger partial charge on any atom is -0.495 e. The van der Waals surface area contributed by atoms with E-state index in [2.05, 4.69) is 37.9 Å². The summed E-state index contributed by atoms with van der Waals surface area (Å²) in [7, 11) is 1.54. The maximum Gasteiger partial charge on any atom is 0.248 e. The van der Waals surface area contributed by atoms with Crippen LogP contribution in [0.15, 0.2) is 41.5 Å². The molecule has 0 fully saturated rings. The Morgan fingerprint density at radius 2 is 2.14 bits per heavy atom. The first-order valence-electron chi connectivity index (χ1n) is 6.23. The number of nitrogens with zero attached hydrogens (tertiary/aromatic N) is 3. The third kappa shape index (κ3) is 2.86. The molecule has 0 radical (unpaired) electrons. The normalized spacial score (nSPS) is 10.7. The van der Waals surface area contributed by atoms with Gasteiger partial charge in [-0.3, -0.25) is 4.79 Å². The van der Waals surface area contributed by atoms with E-state index in [1.165, 1.54) is 12.3 Å². The predicted octanol–water partition coefficient (Wildman–Crippen LogP) is 2.89. The van der Waals surface area contributed by atoms with Crippen LogP contribution in [0.4, 0.5) is 0 Å². The van der Waals surface area contributed by atoms with E-state index in [-0.39, 0.29) is 5.56 Å². The van der Waals surface area contributed by atoms with E-state index in [0.717, 1.165) is 15.0 Å². The van der Waals surface area contributed by atoms with Crippen LogP contribution in [0, 0.1) is 3.70 Å². The van der Waals surface area contributed by atoms with Crippen molar-refractivity contribution in [2.24, 2.45) is 0 Å². The first-order chi connectivity index (χ1) is 10.6. The van der Waals surface area contributed by atoms with Gasteiger partial charge in [0.05, 0.1) is 19.0 Å². The van der Waals surface area contributed by atoms with Gasteiger partial charge in [0.2, 0.25) is 5.56 Å². The largest absolute Gasteiger partial charge is 0.495 e. The highest BCUT2D eigenvalue weighted by Gasteiger charge is 2.14. The molecule has 0 bridgehead atoms. The number of methoxy groups -OCH3 is 1. The fourth-order valence-corrected chi connectivity index (χ4v) is 2.66. The Balaban J connectivity index is 2.29. The van der Waals surface area contributed by atoms with Crippen molar-refractivity contribution in [1.29, 1.82) is 0 Å². The SMILES string of the molecule is COc1c[nH]c(=O)cc1-c1cc(Cl)ccc1-n1cc(I)nn1. The number of hydrogen-bond donors (Lipinski definition) is 1. The zero-order chi connectivity index (χ0) is 15.7. The highest BCUT2D eigenvalue weighted by molar-refractivity contribution is 14.1. The van der Waals surface area contributed by atoms with Gasteiger partial charge >= 0.3 is 0 Å². The first kappa shape index (κ1) is 15.0. The van der Waals surface area contributed by atoms with Crippen LogP contribution in [0.1, 0.15) is 0 Å². The molecule has 8 heteroatoms. The van der Waals surface area contributed by atoms with Gasteiger partial charge in [0.15, 0.2) is 0 Å². The third-order valence-electron chi connectivity index (χ3n) is 3.07. The molecule has 0 aliphatic heterocycles. The maximum atomic E-state index is 11.7. The Morgan fingerprint density at radius 3 is 2.82 bits per heavy atom. The monoisotopic (exact) mass is 428 g/mol. The topological polar surface area (TPSA) is 72.8 Å². The van der Waals surface area contributed by atoms with Crippen molar-refractivity contribution in [1.82, 2.24) is 20.0 Å². The lowest BCUT2D eigenvalue weighted by Gasteiger charge is -2.12. The summed E-state index contributed by atoms with van der Waals surface area (Å²) in [5.41, 5.74) is 1.89. The summed E-state index contributed by atoms with van der Waals surface area (Å²) in [6.07, 6.45) is 3.31. The van der Waals surface area contributed by atoms with Crippen LogP contribution in [-0.4, -0.2) is 27.1 Å². The molecule has 0 amide bonds. The molecule has 0 aliphatic carbocycles. The Kier molecular flexibility index (Phi) is 4.16. The van der Waals surface area contributed by atoms with Crippen LogP contribution >= 0.6 is 34.2 Å². The molecule has 0 unspecified atom stereocenters. The van der Waals surface area contributed by atoms with E-state index < -0.39 is 0 Å². The fraction of sp³-hybridized carbons (Fsp3) is 0.0714. The number of H-pyrrole nitrogens is 1. The second-order valence-corrected chi connectivity index (χ2v) is 5.97. The Bertz CT molecular complexity index is 891. The summed E-state index contributed by atoms with van der Waals surface area (Å²) < 4.78 is 7.72. The van der Waals surface area contributed by atoms with Crippen LogP contribution in [0.5, 0.6) is 5.75 Å². The van der Waals surface area contributed by atoms with Gasteiger partial charge in [-0.1, -0.05) is 16.8 Å². The number of halogens is 2. The van der Waals surface area contributed by atoms with Gasteiger partial charge in [0.1, 0.15) is 9.45 Å². The Hall–Kier alpha value is -1.87. The number of aromatic nitrogens is 4. The second-order valence-electron chi connectivity index (χ2n) is 4.43. The number of hydrogen-bond acceptors (Lipinski definition) is 4. The van der Waals surface area contributed by atoms with E-state index in [4.69, 9.17) is 16.3 Å². The number of ether oxygens (including phenoxy) is 1. The molecule has 1 N–H and O–H groups in total. The van der Waals surface area contributed by atoms with Gasteiger partial charge in [-0.25, -0.2) is 4.68 Å². The quantitative estimate of drug-likeness (QED) is 0.651. The van der Waals surface area contributed by atoms with Gasteiger partial charge in [-0.2, -0.15) is 0 Å². The second kappa shape index (κ2) is 6.09. The van der Waals surface area contributed by atoms with Crippen LogP contribution in [-0.2, 0) is 0 Å². The number of benzene rings is 1. The van der Waals surface area contributed by atoms with E-state index >= 15 is 0 Å². The first-order valence-corrected chi connectivity index (χ1v) is 7.69. The summed E-state index contributed by atoms with van der Waals surface area (Å²) in [5, 5.41) is 8.60. The summed E-state index contributed by atoms with van der Waals surface area (Å²) >= 11 is 8.20. The predicted molar refractivity (Wildman–Crippen MR) is 91.7 cm³/mol. The number of aromatic amines is 1. The lowest BCUT2D eigenvalue weighted by Crippen LogP contribution is -2.06. The Morgan fingerprint density at radius 1 is 1.32 bits per heavy atom. The maximum absolute atomic E-state index is 11.7. The van der Waals surface area contributed by atoms with Crippen molar-refractivity contribution in [3.05, 3.63) is 55.7 Å². The van der Waals surface area contributed by atoms with Crippen molar-refractivity contribution < 1.29 is 4.74 Å². The zero-order valence-corrected chi connectivity index (χ0v) is 14.3. The lowest BCUT2D eigenvalue weighted by atomic mass is 10.0. The molecule has 3 rings (SSSR count). The van der Waals surface area contributed by atoms with Crippen molar-refractivity contribution >= 4 is 34.2 Å². The minimum atomic E-state index is -0.227. The molecule has 0 saturated carbocycles. The van der Waals surface area contributed by atoms with Gasteiger partial charge in [0, 0.05) is 28.4 Å². The van der Waals surface area contributed by atoms with Gasteiger partial charge in [-0.15, -0.1) is 5.10 Å². The standard InChI is InChI=1S/C14H10ClIN4O2/c1-22-12-6-17-14(21)5-10(12)9-4-8(15)2-3-11(9)20-7-13(16)18-19-20/h2-7H,1H3,(H,17,21). The van der Waals surface area contributed by atoms with E-state index in [1.807, 2.05) is 6.07 Å². The summed E-state index contributed by atoms with van der Waals surface area (Å²) in [5.74, 6) is 0.540. The van der Waals surface area contributed by atoms with Crippen LogP contribution in [0.25, 0.3) is 16.8 Å². The van der Waals surface area contributed by atoms with E-state index in [9.17, 15) is 4.79 Å². The number of pyridine rings is 1. The third-order valence-corrected chi connectivity index (χ3v) is 3.80. The molecule has 1 aromatic carbocycles. The van der Waals surface area contributed by atoms with Crippen molar-refractivity contribution in [3.63, 3.8) is 0 Å². The smallest absolute Gasteiger partial charge is 0.248 e. The van der Waals surface area contributed by atoms with Crippen molar-refractivity contribution in [2.45, 2.75) is 0 Å². The molecule has 0 saturated heterocycles. The molecule has 2 aromatic heterocycles. The molecule has 112 valence electrons. The average Bonchev–Trinajstić information content (AvgIpc) is 2.93. The van der Waals surface area contributed by atoms with Crippen molar-refractivity contribution in [2.75, 3.05) is 7.11 Å². The fourth-order valence-electron chi connectivity index (χ4n) is 2.12. The molecular weight excluding hydrogens is 419 g/mol.